The maximum atomic E-state index is 4.40. The third-order valence-electron chi connectivity index (χ3n) is 6.50. The first-order chi connectivity index (χ1) is 18.7. The van der Waals surface area contributed by atoms with Crippen molar-refractivity contribution in [1.29, 1.82) is 0 Å². The molecule has 0 fully saturated rings. The molecule has 0 aliphatic heterocycles. The molecule has 4 rings (SSSR count). The standard InChI is InChI=1S/C30H36N8/c1-5-37(6-2)25-17-13-23(14-18-25)21-31-33-29-27-11-9-10-12-28(27)30(36-35-29)34-32-22-24-15-19-26(20-16-24)38(7-3)8-4/h9-22H,5-8H2,1-4H3,(H,33,35)(H,34,36)/b31-21-,32-22+. The first-order valence-electron chi connectivity index (χ1n) is 13.2. The summed E-state index contributed by atoms with van der Waals surface area (Å²) in [5.74, 6) is 1.16. The van der Waals surface area contributed by atoms with Gasteiger partial charge in [-0.15, -0.1) is 10.2 Å². The zero-order valence-electron chi connectivity index (χ0n) is 22.6. The highest BCUT2D eigenvalue weighted by Crippen LogP contribution is 2.26. The fraction of sp³-hybridized carbons (Fsp3) is 0.267. The van der Waals surface area contributed by atoms with Crippen LogP contribution in [-0.2, 0) is 0 Å². The summed E-state index contributed by atoms with van der Waals surface area (Å²) >= 11 is 0. The molecular weight excluding hydrogens is 472 g/mol. The Bertz CT molecular complexity index is 1250. The van der Waals surface area contributed by atoms with Gasteiger partial charge < -0.3 is 9.80 Å². The van der Waals surface area contributed by atoms with Crippen LogP contribution in [0.3, 0.4) is 0 Å². The molecule has 0 bridgehead atoms. The van der Waals surface area contributed by atoms with Crippen LogP contribution in [0.4, 0.5) is 23.0 Å². The summed E-state index contributed by atoms with van der Waals surface area (Å²) in [6.45, 7) is 12.6. The normalized spacial score (nSPS) is 11.4. The summed E-state index contributed by atoms with van der Waals surface area (Å²) in [4.78, 5) is 4.62. The number of hydrazone groups is 2. The number of benzene rings is 3. The average molecular weight is 509 g/mol. The van der Waals surface area contributed by atoms with Crippen LogP contribution in [0, 0.1) is 0 Å². The van der Waals surface area contributed by atoms with Gasteiger partial charge in [0, 0.05) is 48.3 Å². The minimum Gasteiger partial charge on any atom is -0.372 e. The summed E-state index contributed by atoms with van der Waals surface area (Å²) < 4.78 is 0. The molecule has 1 heterocycles. The quantitative estimate of drug-likeness (QED) is 0.175. The number of anilines is 4. The highest BCUT2D eigenvalue weighted by Gasteiger charge is 2.08. The molecule has 0 radical (unpaired) electrons. The van der Waals surface area contributed by atoms with Crippen LogP contribution in [0.15, 0.2) is 83.0 Å². The fourth-order valence-electron chi connectivity index (χ4n) is 4.32. The maximum Gasteiger partial charge on any atom is 0.176 e. The van der Waals surface area contributed by atoms with Crippen molar-refractivity contribution in [1.82, 2.24) is 10.2 Å². The Morgan fingerprint density at radius 1 is 0.579 bits per heavy atom. The Hall–Kier alpha value is -4.46. The van der Waals surface area contributed by atoms with E-state index in [1.54, 1.807) is 12.4 Å². The molecule has 2 N–H and O–H groups in total. The van der Waals surface area contributed by atoms with Crippen LogP contribution in [0.2, 0.25) is 0 Å². The zero-order valence-corrected chi connectivity index (χ0v) is 22.6. The number of aromatic nitrogens is 2. The van der Waals surface area contributed by atoms with Crippen LogP contribution < -0.4 is 20.7 Å². The fourth-order valence-corrected chi connectivity index (χ4v) is 4.32. The van der Waals surface area contributed by atoms with Gasteiger partial charge in [-0.25, -0.2) is 0 Å². The lowest BCUT2D eigenvalue weighted by molar-refractivity contribution is 0.866. The third-order valence-corrected chi connectivity index (χ3v) is 6.50. The van der Waals surface area contributed by atoms with Crippen molar-refractivity contribution in [2.24, 2.45) is 10.2 Å². The Morgan fingerprint density at radius 2 is 0.947 bits per heavy atom. The lowest BCUT2D eigenvalue weighted by Gasteiger charge is -2.20. The smallest absolute Gasteiger partial charge is 0.176 e. The van der Waals surface area contributed by atoms with Crippen LogP contribution in [0.1, 0.15) is 38.8 Å². The molecule has 0 unspecified atom stereocenters. The second-order valence-corrected chi connectivity index (χ2v) is 8.71. The molecule has 0 aliphatic carbocycles. The van der Waals surface area contributed by atoms with Crippen LogP contribution in [0.25, 0.3) is 10.8 Å². The molecule has 0 saturated carbocycles. The molecule has 196 valence electrons. The Morgan fingerprint density at radius 3 is 1.29 bits per heavy atom. The molecule has 3 aromatic carbocycles. The van der Waals surface area contributed by atoms with E-state index in [-0.39, 0.29) is 0 Å². The summed E-state index contributed by atoms with van der Waals surface area (Å²) in [7, 11) is 0. The number of rotatable bonds is 12. The van der Waals surface area contributed by atoms with Gasteiger partial charge in [-0.05, 0) is 63.1 Å². The topological polar surface area (TPSA) is 81.0 Å². The molecule has 0 amide bonds. The van der Waals surface area contributed by atoms with Crippen molar-refractivity contribution < 1.29 is 0 Å². The first-order valence-corrected chi connectivity index (χ1v) is 13.2. The van der Waals surface area contributed by atoms with Crippen LogP contribution in [-0.4, -0.2) is 48.8 Å². The van der Waals surface area contributed by atoms with Gasteiger partial charge in [0.15, 0.2) is 11.6 Å². The number of nitrogens with one attached hydrogen (secondary N) is 2. The predicted molar refractivity (Wildman–Crippen MR) is 162 cm³/mol. The van der Waals surface area contributed by atoms with E-state index in [0.29, 0.717) is 11.6 Å². The highest BCUT2D eigenvalue weighted by atomic mass is 15.4. The zero-order chi connectivity index (χ0) is 26.7. The van der Waals surface area contributed by atoms with Gasteiger partial charge in [0.05, 0.1) is 12.4 Å². The van der Waals surface area contributed by atoms with Gasteiger partial charge in [-0.1, -0.05) is 48.5 Å². The van der Waals surface area contributed by atoms with Crippen LogP contribution in [0.5, 0.6) is 0 Å². The molecule has 8 heteroatoms. The largest absolute Gasteiger partial charge is 0.372 e. The summed E-state index contributed by atoms with van der Waals surface area (Å²) in [5.41, 5.74) is 10.5. The van der Waals surface area contributed by atoms with E-state index < -0.39 is 0 Å². The molecule has 4 aromatic rings. The minimum absolute atomic E-state index is 0.582. The van der Waals surface area contributed by atoms with E-state index in [1.807, 2.05) is 24.3 Å². The SMILES string of the molecule is CCN(CC)c1ccc(/C=N\Nc2nnc(N/N=C/c3ccc(N(CC)CC)cc3)c3ccccc23)cc1. The number of hydrogen-bond acceptors (Lipinski definition) is 8. The maximum absolute atomic E-state index is 4.40. The van der Waals surface area contributed by atoms with Crippen molar-refractivity contribution in [2.45, 2.75) is 27.7 Å². The number of nitrogens with zero attached hydrogens (tertiary/aromatic N) is 6. The summed E-state index contributed by atoms with van der Waals surface area (Å²) in [6, 6.07) is 24.6. The Kier molecular flexibility index (Phi) is 9.23. The first kappa shape index (κ1) is 26.6. The molecule has 8 nitrogen and oxygen atoms in total. The molecule has 1 aromatic heterocycles. The number of hydrogen-bond donors (Lipinski definition) is 2. The van der Waals surface area contributed by atoms with Gasteiger partial charge >= 0.3 is 0 Å². The lowest BCUT2D eigenvalue weighted by Crippen LogP contribution is -2.21. The minimum atomic E-state index is 0.582. The van der Waals surface area contributed by atoms with E-state index in [4.69, 9.17) is 0 Å². The third kappa shape index (κ3) is 6.45. The summed E-state index contributed by atoms with van der Waals surface area (Å²) in [5, 5.41) is 19.3. The average Bonchev–Trinajstić information content (AvgIpc) is 2.97. The van der Waals surface area contributed by atoms with Gasteiger partial charge in [-0.2, -0.15) is 10.2 Å². The van der Waals surface area contributed by atoms with E-state index >= 15 is 0 Å². The van der Waals surface area contributed by atoms with Crippen molar-refractivity contribution in [3.63, 3.8) is 0 Å². The molecule has 0 saturated heterocycles. The van der Waals surface area contributed by atoms with E-state index in [0.717, 1.165) is 48.1 Å². The predicted octanol–water partition coefficient (Wildman–Crippen LogP) is 6.21. The molecule has 0 aliphatic rings. The van der Waals surface area contributed by atoms with Crippen LogP contribution >= 0.6 is 0 Å². The second-order valence-electron chi connectivity index (χ2n) is 8.71. The second kappa shape index (κ2) is 13.2. The molecule has 0 atom stereocenters. The Balaban J connectivity index is 1.43. The number of fused-ring (bicyclic) bond motifs is 1. The van der Waals surface area contributed by atoms with E-state index in [1.165, 1.54) is 11.4 Å². The van der Waals surface area contributed by atoms with E-state index in [9.17, 15) is 0 Å². The lowest BCUT2D eigenvalue weighted by atomic mass is 10.2. The Labute approximate surface area is 225 Å². The van der Waals surface area contributed by atoms with E-state index in [2.05, 4.69) is 117 Å². The van der Waals surface area contributed by atoms with Crippen molar-refractivity contribution in [3.8, 4) is 0 Å². The molecule has 38 heavy (non-hydrogen) atoms. The van der Waals surface area contributed by atoms with Crippen molar-refractivity contribution >= 4 is 46.2 Å². The molecular formula is C30H36N8. The van der Waals surface area contributed by atoms with Gasteiger partial charge in [0.1, 0.15) is 0 Å². The van der Waals surface area contributed by atoms with Crippen molar-refractivity contribution in [3.05, 3.63) is 83.9 Å². The monoisotopic (exact) mass is 508 g/mol. The van der Waals surface area contributed by atoms with Gasteiger partial charge in [0.2, 0.25) is 0 Å². The van der Waals surface area contributed by atoms with Gasteiger partial charge in [0.25, 0.3) is 0 Å². The van der Waals surface area contributed by atoms with Crippen molar-refractivity contribution in [2.75, 3.05) is 46.8 Å². The molecule has 0 spiro atoms. The van der Waals surface area contributed by atoms with Gasteiger partial charge in [-0.3, -0.25) is 10.9 Å². The summed E-state index contributed by atoms with van der Waals surface area (Å²) in [6.07, 6.45) is 3.56. The highest BCUT2D eigenvalue weighted by molar-refractivity contribution is 5.98.